The summed E-state index contributed by atoms with van der Waals surface area (Å²) in [4.78, 5) is 25.3. The third kappa shape index (κ3) is 52.2. The van der Waals surface area contributed by atoms with E-state index in [4.69, 9.17) is 14.2 Å². The van der Waals surface area contributed by atoms with Crippen LogP contribution in [0, 0.1) is 0 Å². The molecule has 0 bridgehead atoms. The average molecular weight is 895 g/mol. The van der Waals surface area contributed by atoms with Gasteiger partial charge >= 0.3 is 11.9 Å². The Morgan fingerprint density at radius 1 is 0.344 bits per heavy atom. The second-order valence-electron chi connectivity index (χ2n) is 18.5. The molecule has 64 heavy (non-hydrogen) atoms. The van der Waals surface area contributed by atoms with Crippen molar-refractivity contribution in [3.8, 4) is 0 Å². The number of hydrogen-bond donors (Lipinski definition) is 0. The minimum atomic E-state index is -0.410. The molecule has 1 atom stereocenters. The molecule has 0 unspecified atom stereocenters. The number of carbonyl (C=O) groups is 2. The van der Waals surface area contributed by atoms with Crippen molar-refractivity contribution in [3.05, 3.63) is 60.8 Å². The third-order valence-corrected chi connectivity index (χ3v) is 12.1. The topological polar surface area (TPSA) is 61.8 Å². The van der Waals surface area contributed by atoms with Gasteiger partial charge < -0.3 is 14.2 Å². The highest BCUT2D eigenvalue weighted by atomic mass is 16.6. The van der Waals surface area contributed by atoms with Gasteiger partial charge in [-0.25, -0.2) is 0 Å². The Bertz CT molecular complexity index is 1100. The molecule has 0 rings (SSSR count). The van der Waals surface area contributed by atoms with Crippen LogP contribution in [0.25, 0.3) is 0 Å². The fourth-order valence-electron chi connectivity index (χ4n) is 7.88. The van der Waals surface area contributed by atoms with Gasteiger partial charge in [0.1, 0.15) is 19.3 Å². The van der Waals surface area contributed by atoms with Gasteiger partial charge in [0.15, 0.2) is 0 Å². The molecular formula is C59H106O5. The summed E-state index contributed by atoms with van der Waals surface area (Å²) in [6, 6.07) is 0. The lowest BCUT2D eigenvalue weighted by atomic mass is 10.0. The van der Waals surface area contributed by atoms with Crippen molar-refractivity contribution in [2.75, 3.05) is 19.8 Å². The molecule has 0 fully saturated rings. The SMILES string of the molecule is CC/C=C\C/C=C\C/C=C\CCCCCCCC(=O)OC[C@H](COC(=O)CCCCCCCCC/C=C\C/C=C\CCCCC)OCCCCCCCCCCCCCCCCCC. The van der Waals surface area contributed by atoms with Gasteiger partial charge in [-0.3, -0.25) is 9.59 Å². The molecule has 0 saturated carbocycles. The molecule has 0 aliphatic heterocycles. The van der Waals surface area contributed by atoms with Crippen LogP contribution >= 0.6 is 0 Å². The molecule has 0 aromatic heterocycles. The number of rotatable bonds is 51. The first-order valence-electron chi connectivity index (χ1n) is 27.8. The van der Waals surface area contributed by atoms with Crippen molar-refractivity contribution < 1.29 is 23.8 Å². The summed E-state index contributed by atoms with van der Waals surface area (Å²) < 4.78 is 17.5. The number of hydrogen-bond acceptors (Lipinski definition) is 5. The standard InChI is InChI=1S/C59H106O5/c1-4-7-10-13-16-19-22-25-28-30-32-35-38-41-44-47-50-53-59(61)64-56-57(62-54-51-48-45-42-39-36-33-29-26-23-20-17-14-11-8-5-2)55-63-58(60)52-49-46-43-40-37-34-31-27-24-21-18-15-12-9-6-3/h9,12,16,18-19,21,25,27-28,31,57H,4-8,10-11,13-15,17,20,22-24,26,29-30,32-56H2,1-3H3/b12-9-,19-16-,21-18-,28-25-,31-27-/t57-/m1/s1. The Balaban J connectivity index is 4.28. The van der Waals surface area contributed by atoms with Gasteiger partial charge in [-0.05, 0) is 83.5 Å². The van der Waals surface area contributed by atoms with E-state index in [1.54, 1.807) is 0 Å². The second kappa shape index (κ2) is 54.9. The van der Waals surface area contributed by atoms with Crippen LogP contribution in [0.4, 0.5) is 0 Å². The molecule has 0 spiro atoms. The number of unbranched alkanes of at least 4 members (excludes halogenated alkanes) is 30. The average Bonchev–Trinajstić information content (AvgIpc) is 3.30. The molecule has 5 heteroatoms. The Morgan fingerprint density at radius 3 is 1.03 bits per heavy atom. The van der Waals surface area contributed by atoms with Crippen molar-refractivity contribution in [2.45, 2.75) is 284 Å². The molecule has 5 nitrogen and oxygen atoms in total. The van der Waals surface area contributed by atoms with E-state index < -0.39 is 6.10 Å². The lowest BCUT2D eigenvalue weighted by Gasteiger charge is -2.18. The van der Waals surface area contributed by atoms with E-state index in [1.807, 2.05) is 0 Å². The Hall–Kier alpha value is -2.40. The van der Waals surface area contributed by atoms with Crippen molar-refractivity contribution in [2.24, 2.45) is 0 Å². The number of ether oxygens (including phenoxy) is 3. The number of esters is 2. The first kappa shape index (κ1) is 61.6. The lowest BCUT2D eigenvalue weighted by Crippen LogP contribution is -2.29. The summed E-state index contributed by atoms with van der Waals surface area (Å²) in [6.07, 6.45) is 69.7. The highest BCUT2D eigenvalue weighted by Crippen LogP contribution is 2.15. The van der Waals surface area contributed by atoms with Crippen molar-refractivity contribution in [1.82, 2.24) is 0 Å². The van der Waals surface area contributed by atoms with Crippen LogP contribution in [0.2, 0.25) is 0 Å². The first-order valence-corrected chi connectivity index (χ1v) is 27.8. The summed E-state index contributed by atoms with van der Waals surface area (Å²) in [5, 5.41) is 0. The van der Waals surface area contributed by atoms with Gasteiger partial charge in [0.25, 0.3) is 0 Å². The van der Waals surface area contributed by atoms with Crippen molar-refractivity contribution in [1.29, 1.82) is 0 Å². The smallest absolute Gasteiger partial charge is 0.305 e. The molecule has 372 valence electrons. The molecule has 0 aromatic rings. The zero-order valence-electron chi connectivity index (χ0n) is 42.8. The van der Waals surface area contributed by atoms with Gasteiger partial charge in [0.2, 0.25) is 0 Å². The predicted molar refractivity (Wildman–Crippen MR) is 279 cm³/mol. The van der Waals surface area contributed by atoms with Gasteiger partial charge in [-0.2, -0.15) is 0 Å². The Kier molecular flexibility index (Phi) is 52.9. The summed E-state index contributed by atoms with van der Waals surface area (Å²) >= 11 is 0. The van der Waals surface area contributed by atoms with E-state index >= 15 is 0 Å². The second-order valence-corrected chi connectivity index (χ2v) is 18.5. The molecule has 0 heterocycles. The normalized spacial score (nSPS) is 12.6. The summed E-state index contributed by atoms with van der Waals surface area (Å²) in [7, 11) is 0. The fourth-order valence-corrected chi connectivity index (χ4v) is 7.88. The van der Waals surface area contributed by atoms with E-state index in [9.17, 15) is 9.59 Å². The van der Waals surface area contributed by atoms with Crippen LogP contribution in [0.5, 0.6) is 0 Å². The fraction of sp³-hybridized carbons (Fsp3) is 0.797. The van der Waals surface area contributed by atoms with E-state index in [1.165, 1.54) is 167 Å². The van der Waals surface area contributed by atoms with Gasteiger partial charge in [0.05, 0.1) is 0 Å². The van der Waals surface area contributed by atoms with Crippen molar-refractivity contribution in [3.63, 3.8) is 0 Å². The van der Waals surface area contributed by atoms with Crippen LogP contribution < -0.4 is 0 Å². The monoisotopic (exact) mass is 895 g/mol. The summed E-state index contributed by atoms with van der Waals surface area (Å²) in [6.45, 7) is 7.60. The van der Waals surface area contributed by atoms with E-state index in [0.717, 1.165) is 77.0 Å². The minimum absolute atomic E-state index is 0.147. The van der Waals surface area contributed by atoms with E-state index in [2.05, 4.69) is 81.5 Å². The van der Waals surface area contributed by atoms with Gasteiger partial charge in [-0.1, -0.05) is 242 Å². The summed E-state index contributed by atoms with van der Waals surface area (Å²) in [5.41, 5.74) is 0. The van der Waals surface area contributed by atoms with Crippen LogP contribution in [0.15, 0.2) is 60.8 Å². The molecule has 0 aromatic carbocycles. The van der Waals surface area contributed by atoms with E-state index in [-0.39, 0.29) is 25.2 Å². The Labute approximate surface area is 398 Å². The molecule has 0 aliphatic rings. The van der Waals surface area contributed by atoms with Crippen LogP contribution in [0.3, 0.4) is 0 Å². The predicted octanol–water partition coefficient (Wildman–Crippen LogP) is 18.9. The van der Waals surface area contributed by atoms with Crippen LogP contribution in [-0.4, -0.2) is 37.9 Å². The molecule has 0 aliphatic carbocycles. The number of allylic oxidation sites excluding steroid dienone is 10. The molecule has 0 radical (unpaired) electrons. The molecule has 0 saturated heterocycles. The summed E-state index contributed by atoms with van der Waals surface area (Å²) in [5.74, 6) is -0.353. The highest BCUT2D eigenvalue weighted by molar-refractivity contribution is 5.69. The first-order chi connectivity index (χ1) is 31.6. The molecular weight excluding hydrogens is 789 g/mol. The van der Waals surface area contributed by atoms with Gasteiger partial charge in [-0.15, -0.1) is 0 Å². The maximum atomic E-state index is 12.6. The van der Waals surface area contributed by atoms with Crippen molar-refractivity contribution >= 4 is 11.9 Å². The third-order valence-electron chi connectivity index (χ3n) is 12.1. The minimum Gasteiger partial charge on any atom is -0.463 e. The largest absolute Gasteiger partial charge is 0.463 e. The van der Waals surface area contributed by atoms with E-state index in [0.29, 0.717) is 19.4 Å². The van der Waals surface area contributed by atoms with Gasteiger partial charge in [0, 0.05) is 19.4 Å². The maximum absolute atomic E-state index is 12.6. The zero-order chi connectivity index (χ0) is 46.3. The quantitative estimate of drug-likeness (QED) is 0.0346. The Morgan fingerprint density at radius 2 is 0.641 bits per heavy atom. The van der Waals surface area contributed by atoms with Crippen LogP contribution in [-0.2, 0) is 23.8 Å². The maximum Gasteiger partial charge on any atom is 0.305 e. The highest BCUT2D eigenvalue weighted by Gasteiger charge is 2.16. The number of carbonyl (C=O) groups excluding carboxylic acids is 2. The lowest BCUT2D eigenvalue weighted by molar-refractivity contribution is -0.155. The molecule has 0 amide bonds. The molecule has 0 N–H and O–H groups in total. The van der Waals surface area contributed by atoms with Crippen LogP contribution in [0.1, 0.15) is 278 Å². The zero-order valence-corrected chi connectivity index (χ0v) is 42.8.